The first-order valence-corrected chi connectivity index (χ1v) is 9.46. The van der Waals surface area contributed by atoms with Gasteiger partial charge in [-0.15, -0.1) is 11.3 Å². The molecule has 6 nitrogen and oxygen atoms in total. The summed E-state index contributed by atoms with van der Waals surface area (Å²) in [4.78, 5) is 29.4. The third kappa shape index (κ3) is 3.39. The lowest BCUT2D eigenvalue weighted by Gasteiger charge is -2.05. The van der Waals surface area contributed by atoms with Gasteiger partial charge in [-0.1, -0.05) is 0 Å². The van der Waals surface area contributed by atoms with Crippen molar-refractivity contribution in [1.29, 1.82) is 0 Å². The van der Waals surface area contributed by atoms with Crippen LogP contribution in [0.2, 0.25) is 0 Å². The number of rotatable bonds is 5. The number of hydrogen-bond donors (Lipinski definition) is 1. The summed E-state index contributed by atoms with van der Waals surface area (Å²) in [5, 5.41) is 4.64. The molecular weight excluding hydrogens is 374 g/mol. The number of Topliss-reactive ketones (excluding diaryl/α,β-unsaturated/α-hetero) is 1. The molecule has 4 rings (SSSR count). The number of thiazole rings is 1. The second kappa shape index (κ2) is 7.28. The molecule has 0 aliphatic carbocycles. The van der Waals surface area contributed by atoms with E-state index in [-0.39, 0.29) is 11.7 Å². The molecule has 0 spiro atoms. The zero-order valence-corrected chi connectivity index (χ0v) is 16.1. The molecule has 0 aliphatic heterocycles. The molecule has 2 aromatic heterocycles. The number of carbonyl (C=O) groups excluding carboxylic acids is 2. The molecule has 2 heterocycles. The fourth-order valence-corrected chi connectivity index (χ4v) is 3.68. The van der Waals surface area contributed by atoms with E-state index in [0.717, 1.165) is 22.0 Å². The van der Waals surface area contributed by atoms with Gasteiger partial charge in [0.15, 0.2) is 10.7 Å². The van der Waals surface area contributed by atoms with Gasteiger partial charge in [-0.05, 0) is 55.5 Å². The van der Waals surface area contributed by atoms with E-state index in [1.807, 2.05) is 30.5 Å². The predicted octanol–water partition coefficient (Wildman–Crippen LogP) is 4.53. The molecule has 0 fully saturated rings. The molecule has 0 saturated heterocycles. The molecule has 1 amide bonds. The van der Waals surface area contributed by atoms with Crippen molar-refractivity contribution in [2.75, 3.05) is 12.4 Å². The number of fused-ring (bicyclic) bond motifs is 1. The van der Waals surface area contributed by atoms with Crippen molar-refractivity contribution >= 4 is 33.7 Å². The molecule has 28 heavy (non-hydrogen) atoms. The molecule has 0 atom stereocenters. The van der Waals surface area contributed by atoms with E-state index in [2.05, 4.69) is 10.3 Å². The topological polar surface area (TPSA) is 72.7 Å². The Labute approximate surface area is 165 Å². The number of ether oxygens (including phenoxy) is 1. The van der Waals surface area contributed by atoms with E-state index in [0.29, 0.717) is 16.9 Å². The Hall–Kier alpha value is -3.45. The third-order valence-corrected chi connectivity index (χ3v) is 5.22. The fourth-order valence-electron chi connectivity index (χ4n) is 2.83. The van der Waals surface area contributed by atoms with Crippen LogP contribution < -0.4 is 10.1 Å². The summed E-state index contributed by atoms with van der Waals surface area (Å²) >= 11 is 1.40. The maximum Gasteiger partial charge on any atom is 0.273 e. The van der Waals surface area contributed by atoms with Crippen LogP contribution in [0.4, 0.5) is 5.69 Å². The minimum Gasteiger partial charge on any atom is -0.497 e. The first-order chi connectivity index (χ1) is 13.5. The number of benzene rings is 2. The Balaban J connectivity index is 1.58. The lowest BCUT2D eigenvalue weighted by Crippen LogP contribution is -2.13. The number of methoxy groups -OCH3 is 1. The Kier molecular flexibility index (Phi) is 4.67. The van der Waals surface area contributed by atoms with Crippen LogP contribution in [-0.2, 0) is 0 Å². The number of nitrogens with one attached hydrogen (secondary N) is 1. The summed E-state index contributed by atoms with van der Waals surface area (Å²) in [6, 6.07) is 14.4. The van der Waals surface area contributed by atoms with Gasteiger partial charge in [-0.25, -0.2) is 4.98 Å². The molecule has 0 aliphatic rings. The lowest BCUT2D eigenvalue weighted by atomic mass is 10.1. The van der Waals surface area contributed by atoms with E-state index < -0.39 is 0 Å². The van der Waals surface area contributed by atoms with Crippen LogP contribution in [-0.4, -0.2) is 28.2 Å². The monoisotopic (exact) mass is 391 g/mol. The molecule has 4 aromatic rings. The average molecular weight is 391 g/mol. The number of anilines is 1. The molecule has 2 aromatic carbocycles. The predicted molar refractivity (Wildman–Crippen MR) is 109 cm³/mol. The highest BCUT2D eigenvalue weighted by molar-refractivity contribution is 7.15. The average Bonchev–Trinajstić information content (AvgIpc) is 3.29. The van der Waals surface area contributed by atoms with E-state index in [4.69, 9.17) is 4.74 Å². The van der Waals surface area contributed by atoms with E-state index >= 15 is 0 Å². The Bertz CT molecular complexity index is 1160. The summed E-state index contributed by atoms with van der Waals surface area (Å²) < 4.78 is 6.96. The number of aromatic nitrogens is 2. The minimum absolute atomic E-state index is 0.0121. The van der Waals surface area contributed by atoms with Crippen LogP contribution in [0.1, 0.15) is 27.8 Å². The highest BCUT2D eigenvalue weighted by Crippen LogP contribution is 2.25. The van der Waals surface area contributed by atoms with Crippen LogP contribution in [0.15, 0.2) is 60.1 Å². The number of nitrogens with zero attached hydrogens (tertiary/aromatic N) is 2. The van der Waals surface area contributed by atoms with Gasteiger partial charge < -0.3 is 10.1 Å². The van der Waals surface area contributed by atoms with Gasteiger partial charge in [0.25, 0.3) is 5.91 Å². The van der Waals surface area contributed by atoms with E-state index in [9.17, 15) is 9.59 Å². The quantitative estimate of drug-likeness (QED) is 0.508. The van der Waals surface area contributed by atoms with Crippen molar-refractivity contribution in [2.24, 2.45) is 0 Å². The number of amides is 1. The molecule has 140 valence electrons. The molecule has 0 radical (unpaired) electrons. The smallest absolute Gasteiger partial charge is 0.273 e. The molecule has 0 bridgehead atoms. The van der Waals surface area contributed by atoms with Crippen LogP contribution in [0.3, 0.4) is 0 Å². The van der Waals surface area contributed by atoms with E-state index in [1.165, 1.54) is 18.3 Å². The van der Waals surface area contributed by atoms with Crippen molar-refractivity contribution in [3.63, 3.8) is 0 Å². The number of ketones is 1. The van der Waals surface area contributed by atoms with Gasteiger partial charge in [-0.3, -0.25) is 14.0 Å². The van der Waals surface area contributed by atoms with Crippen molar-refractivity contribution < 1.29 is 14.3 Å². The van der Waals surface area contributed by atoms with Crippen LogP contribution in [0.5, 0.6) is 5.75 Å². The lowest BCUT2D eigenvalue weighted by molar-refractivity contribution is 0.101. The molecule has 0 saturated carbocycles. The van der Waals surface area contributed by atoms with Gasteiger partial charge in [0.1, 0.15) is 11.4 Å². The number of hydrogen-bond acceptors (Lipinski definition) is 5. The Morgan fingerprint density at radius 1 is 1.07 bits per heavy atom. The second-order valence-corrected chi connectivity index (χ2v) is 7.05. The first-order valence-electron chi connectivity index (χ1n) is 8.58. The van der Waals surface area contributed by atoms with Gasteiger partial charge in [-0.2, -0.15) is 0 Å². The van der Waals surface area contributed by atoms with Crippen molar-refractivity contribution in [2.45, 2.75) is 6.92 Å². The maximum absolute atomic E-state index is 12.7. The summed E-state index contributed by atoms with van der Waals surface area (Å²) in [6.45, 7) is 1.51. The van der Waals surface area contributed by atoms with Gasteiger partial charge in [0.2, 0.25) is 0 Å². The highest BCUT2D eigenvalue weighted by Gasteiger charge is 2.15. The fraction of sp³-hybridized carbons (Fsp3) is 0.0952. The Morgan fingerprint density at radius 2 is 1.79 bits per heavy atom. The summed E-state index contributed by atoms with van der Waals surface area (Å²) in [5.41, 5.74) is 3.47. The van der Waals surface area contributed by atoms with Crippen LogP contribution in [0.25, 0.3) is 16.2 Å². The van der Waals surface area contributed by atoms with Crippen molar-refractivity contribution in [3.8, 4) is 17.0 Å². The zero-order valence-electron chi connectivity index (χ0n) is 15.3. The third-order valence-electron chi connectivity index (χ3n) is 4.38. The second-order valence-electron chi connectivity index (χ2n) is 6.22. The van der Waals surface area contributed by atoms with Crippen molar-refractivity contribution in [1.82, 2.24) is 9.38 Å². The van der Waals surface area contributed by atoms with Gasteiger partial charge in [0, 0.05) is 28.4 Å². The number of carbonyl (C=O) groups is 2. The standard InChI is InChI=1S/C21H17N3O3S/c1-13(25)14-3-7-16(8-4-14)22-20(26)19-12-28-21-23-18(11-24(19)21)15-5-9-17(27-2)10-6-15/h3-12H,1-2H3,(H,22,26). The van der Waals surface area contributed by atoms with Crippen LogP contribution in [0, 0.1) is 0 Å². The minimum atomic E-state index is -0.236. The highest BCUT2D eigenvalue weighted by atomic mass is 32.1. The molecular formula is C21H17N3O3S. The van der Waals surface area contributed by atoms with Gasteiger partial charge in [0.05, 0.1) is 12.8 Å². The van der Waals surface area contributed by atoms with Crippen molar-refractivity contribution in [3.05, 3.63) is 71.4 Å². The zero-order chi connectivity index (χ0) is 19.7. The van der Waals surface area contributed by atoms with Crippen LogP contribution >= 0.6 is 11.3 Å². The largest absolute Gasteiger partial charge is 0.497 e. The molecule has 1 N–H and O–H groups in total. The Morgan fingerprint density at radius 3 is 2.43 bits per heavy atom. The molecule has 7 heteroatoms. The summed E-state index contributed by atoms with van der Waals surface area (Å²) in [5.74, 6) is 0.531. The molecule has 0 unspecified atom stereocenters. The SMILES string of the molecule is COc1ccc(-c2cn3c(C(=O)Nc4ccc(C(C)=O)cc4)csc3n2)cc1. The summed E-state index contributed by atoms with van der Waals surface area (Å²) in [7, 11) is 1.63. The summed E-state index contributed by atoms with van der Waals surface area (Å²) in [6.07, 6.45) is 1.85. The first kappa shape index (κ1) is 17.9. The number of imidazole rings is 1. The maximum atomic E-state index is 12.7. The van der Waals surface area contributed by atoms with E-state index in [1.54, 1.807) is 41.2 Å². The normalized spacial score (nSPS) is 10.8. The van der Waals surface area contributed by atoms with Gasteiger partial charge >= 0.3 is 0 Å².